The third-order valence-electron chi connectivity index (χ3n) is 6.04. The Kier molecular flexibility index (Phi) is 3.61. The number of piperidine rings is 1. The van der Waals surface area contributed by atoms with Crippen molar-refractivity contribution >= 4 is 29.4 Å². The Morgan fingerprint density at radius 3 is 2.90 bits per heavy atom. The summed E-state index contributed by atoms with van der Waals surface area (Å²) in [5.41, 5.74) is 0.209. The second kappa shape index (κ2) is 5.23. The first-order valence-corrected chi connectivity index (χ1v) is 10.4. The maximum absolute atomic E-state index is 12.7. The average molecular weight is 324 g/mol. The van der Waals surface area contributed by atoms with E-state index >= 15 is 0 Å². The van der Waals surface area contributed by atoms with Gasteiger partial charge in [-0.3, -0.25) is 4.79 Å². The topological polar surface area (TPSA) is 20.3 Å². The van der Waals surface area contributed by atoms with Crippen molar-refractivity contribution < 1.29 is 4.79 Å². The van der Waals surface area contributed by atoms with Crippen molar-refractivity contribution in [1.82, 2.24) is 4.90 Å². The van der Waals surface area contributed by atoms with E-state index in [9.17, 15) is 4.79 Å². The molecule has 21 heavy (non-hydrogen) atoms. The normalized spacial score (nSPS) is 41.1. The van der Waals surface area contributed by atoms with Gasteiger partial charge < -0.3 is 4.90 Å². The van der Waals surface area contributed by atoms with Crippen LogP contribution in [0.25, 0.3) is 0 Å². The zero-order valence-electron chi connectivity index (χ0n) is 12.7. The van der Waals surface area contributed by atoms with Crippen LogP contribution in [0, 0.1) is 5.92 Å². The van der Waals surface area contributed by atoms with Gasteiger partial charge in [0.1, 0.15) is 0 Å². The molecular formula is C17H25NOS2. The predicted molar refractivity (Wildman–Crippen MR) is 91.6 cm³/mol. The molecule has 3 heterocycles. The molecule has 3 aliphatic heterocycles. The third kappa shape index (κ3) is 2.12. The van der Waals surface area contributed by atoms with Gasteiger partial charge in [-0.15, -0.1) is 30.1 Å². The van der Waals surface area contributed by atoms with Crippen LogP contribution in [0.15, 0.2) is 12.7 Å². The summed E-state index contributed by atoms with van der Waals surface area (Å²) in [6.45, 7) is 3.96. The summed E-state index contributed by atoms with van der Waals surface area (Å²) in [5, 5.41) is 0. The molecule has 4 aliphatic rings. The van der Waals surface area contributed by atoms with Crippen molar-refractivity contribution in [3.63, 3.8) is 0 Å². The van der Waals surface area contributed by atoms with Crippen LogP contribution >= 0.6 is 23.5 Å². The molecule has 4 heteroatoms. The lowest BCUT2D eigenvalue weighted by Crippen LogP contribution is -2.61. The minimum absolute atomic E-state index is 0.209. The first kappa shape index (κ1) is 14.5. The van der Waals surface area contributed by atoms with E-state index in [0.717, 1.165) is 12.8 Å². The smallest absolute Gasteiger partial charge is 0.223 e. The molecule has 0 aromatic heterocycles. The van der Waals surface area contributed by atoms with E-state index in [0.29, 0.717) is 21.9 Å². The van der Waals surface area contributed by atoms with Gasteiger partial charge in [0, 0.05) is 18.0 Å². The van der Waals surface area contributed by atoms with Crippen LogP contribution in [0.2, 0.25) is 0 Å². The van der Waals surface area contributed by atoms with Crippen molar-refractivity contribution in [2.45, 2.75) is 67.0 Å². The fraction of sp³-hybridized carbons (Fsp3) is 0.824. The molecule has 4 fully saturated rings. The van der Waals surface area contributed by atoms with Gasteiger partial charge in [0.2, 0.25) is 5.91 Å². The summed E-state index contributed by atoms with van der Waals surface area (Å²) in [6.07, 6.45) is 11.4. The van der Waals surface area contributed by atoms with Crippen LogP contribution in [-0.2, 0) is 4.79 Å². The van der Waals surface area contributed by atoms with Gasteiger partial charge in [0.05, 0.1) is 4.08 Å². The van der Waals surface area contributed by atoms with Gasteiger partial charge in [0.15, 0.2) is 0 Å². The summed E-state index contributed by atoms with van der Waals surface area (Å²) >= 11 is 4.40. The van der Waals surface area contributed by atoms with E-state index in [1.165, 1.54) is 50.0 Å². The van der Waals surface area contributed by atoms with Crippen LogP contribution in [0.5, 0.6) is 0 Å². The highest BCUT2D eigenvalue weighted by Crippen LogP contribution is 2.62. The zero-order chi connectivity index (χ0) is 14.5. The first-order valence-electron chi connectivity index (χ1n) is 8.40. The van der Waals surface area contributed by atoms with Crippen molar-refractivity contribution in [3.05, 3.63) is 12.7 Å². The second-order valence-electron chi connectivity index (χ2n) is 7.18. The van der Waals surface area contributed by atoms with E-state index in [4.69, 9.17) is 0 Å². The monoisotopic (exact) mass is 323 g/mol. The zero-order valence-corrected chi connectivity index (χ0v) is 14.3. The largest absolute Gasteiger partial charge is 0.333 e. The lowest BCUT2D eigenvalue weighted by atomic mass is 9.78. The molecule has 2 nitrogen and oxygen atoms in total. The van der Waals surface area contributed by atoms with Crippen LogP contribution in [-0.4, -0.2) is 38.0 Å². The molecule has 0 aromatic rings. The van der Waals surface area contributed by atoms with Crippen molar-refractivity contribution in [2.75, 3.05) is 11.5 Å². The van der Waals surface area contributed by atoms with Gasteiger partial charge in [-0.1, -0.05) is 12.5 Å². The number of amides is 1. The Labute approximate surface area is 136 Å². The number of carbonyl (C=O) groups is 1. The SMILES string of the molecule is C=CC[C@H]1CC2(C[C@@]34CCC[C@@H]3CC(=O)N14)SCCCS2. The van der Waals surface area contributed by atoms with Crippen molar-refractivity contribution in [1.29, 1.82) is 0 Å². The lowest BCUT2D eigenvalue weighted by Gasteiger charge is -2.56. The molecule has 2 spiro atoms. The minimum Gasteiger partial charge on any atom is -0.333 e. The molecule has 1 aliphatic carbocycles. The maximum atomic E-state index is 12.7. The van der Waals surface area contributed by atoms with Crippen LogP contribution < -0.4 is 0 Å². The summed E-state index contributed by atoms with van der Waals surface area (Å²) in [4.78, 5) is 15.0. The Morgan fingerprint density at radius 1 is 1.33 bits per heavy atom. The average Bonchev–Trinajstić information content (AvgIpc) is 2.93. The standard InChI is InChI=1S/C17H25NOS2/c1-2-5-14-11-17(20-8-4-9-21-17)12-16-7-3-6-13(16)10-15(19)18(14)16/h2,13-14H,1,3-12H2/t13-,14+,16+/m1/s1. The number of nitrogens with zero attached hydrogens (tertiary/aromatic N) is 1. The van der Waals surface area contributed by atoms with Gasteiger partial charge in [0.25, 0.3) is 0 Å². The fourth-order valence-corrected chi connectivity index (χ4v) is 9.05. The molecule has 3 atom stereocenters. The number of hydrogen-bond acceptors (Lipinski definition) is 3. The molecule has 0 unspecified atom stereocenters. The summed E-state index contributed by atoms with van der Waals surface area (Å²) in [7, 11) is 0. The van der Waals surface area contributed by atoms with E-state index in [-0.39, 0.29) is 5.54 Å². The predicted octanol–water partition coefficient (Wildman–Crippen LogP) is 4.06. The Bertz CT molecular complexity index is 460. The molecule has 1 saturated carbocycles. The molecule has 0 N–H and O–H groups in total. The highest BCUT2D eigenvalue weighted by molar-refractivity contribution is 8.18. The van der Waals surface area contributed by atoms with Gasteiger partial charge in [-0.05, 0) is 55.9 Å². The third-order valence-corrected chi connectivity index (χ3v) is 9.40. The van der Waals surface area contributed by atoms with Crippen LogP contribution in [0.4, 0.5) is 0 Å². The maximum Gasteiger partial charge on any atom is 0.223 e. The van der Waals surface area contributed by atoms with E-state index in [2.05, 4.69) is 35.0 Å². The number of hydrogen-bond donors (Lipinski definition) is 0. The number of rotatable bonds is 2. The van der Waals surface area contributed by atoms with Gasteiger partial charge >= 0.3 is 0 Å². The highest BCUT2D eigenvalue weighted by Gasteiger charge is 2.63. The number of carbonyl (C=O) groups excluding carboxylic acids is 1. The molecule has 0 radical (unpaired) electrons. The molecular weight excluding hydrogens is 298 g/mol. The molecule has 116 valence electrons. The fourth-order valence-electron chi connectivity index (χ4n) is 5.39. The summed E-state index contributed by atoms with van der Waals surface area (Å²) in [6, 6.07) is 0.407. The van der Waals surface area contributed by atoms with Crippen molar-refractivity contribution in [2.24, 2.45) is 5.92 Å². The Hall–Kier alpha value is -0.0900. The quantitative estimate of drug-likeness (QED) is 0.715. The van der Waals surface area contributed by atoms with Crippen LogP contribution in [0.1, 0.15) is 51.4 Å². The van der Waals surface area contributed by atoms with E-state index in [1.807, 2.05) is 6.08 Å². The number of thioether (sulfide) groups is 2. The minimum atomic E-state index is 0.209. The first-order chi connectivity index (χ1) is 10.2. The molecule has 0 bridgehead atoms. The van der Waals surface area contributed by atoms with Crippen LogP contribution in [0.3, 0.4) is 0 Å². The Balaban J connectivity index is 1.72. The van der Waals surface area contributed by atoms with Gasteiger partial charge in [-0.2, -0.15) is 0 Å². The molecule has 4 rings (SSSR count). The molecule has 3 saturated heterocycles. The van der Waals surface area contributed by atoms with Gasteiger partial charge in [-0.25, -0.2) is 0 Å². The van der Waals surface area contributed by atoms with E-state index < -0.39 is 0 Å². The van der Waals surface area contributed by atoms with Crippen molar-refractivity contribution in [3.8, 4) is 0 Å². The molecule has 0 aromatic carbocycles. The van der Waals surface area contributed by atoms with E-state index in [1.54, 1.807) is 0 Å². The second-order valence-corrected chi connectivity index (χ2v) is 10.4. The lowest BCUT2D eigenvalue weighted by molar-refractivity contribution is -0.136. The summed E-state index contributed by atoms with van der Waals surface area (Å²) in [5.74, 6) is 3.69. The highest BCUT2D eigenvalue weighted by atomic mass is 32.2. The summed E-state index contributed by atoms with van der Waals surface area (Å²) < 4.78 is 0.385. The Morgan fingerprint density at radius 2 is 2.14 bits per heavy atom. The molecule has 1 amide bonds.